The summed E-state index contributed by atoms with van der Waals surface area (Å²) in [6.45, 7) is 8.02. The zero-order chi connectivity index (χ0) is 10.4. The number of ketones is 1. The molecule has 3 nitrogen and oxygen atoms in total. The number of carbonyl (C=O) groups excluding carboxylic acids is 1. The Balaban J connectivity index is 4.43. The van der Waals surface area contributed by atoms with Crippen molar-refractivity contribution >= 4 is 20.5 Å². The van der Waals surface area contributed by atoms with Gasteiger partial charge < -0.3 is 4.67 Å². The zero-order valence-electron chi connectivity index (χ0n) is 9.29. The molecule has 0 aliphatic rings. The first-order chi connectivity index (χ1) is 5.99. The summed E-state index contributed by atoms with van der Waals surface area (Å²) in [5.74, 6) is 0.100. The van der Waals surface area contributed by atoms with E-state index >= 15 is 0 Å². The van der Waals surface area contributed by atoms with Gasteiger partial charge in [0.15, 0.2) is 14.7 Å². The third kappa shape index (κ3) is 4.82. The SMILES string of the molecule is CCCC(=NN(C)[SiH](C)C)C(C)=O. The summed E-state index contributed by atoms with van der Waals surface area (Å²) in [5.41, 5.74) is 0.714. The predicted octanol–water partition coefficient (Wildman–Crippen LogP) is 1.65. The fourth-order valence-corrected chi connectivity index (χ4v) is 1.21. The average Bonchev–Trinajstić information content (AvgIpc) is 2.03. The molecule has 4 heteroatoms. The molecule has 0 aromatic carbocycles. The first-order valence-corrected chi connectivity index (χ1v) is 7.62. The van der Waals surface area contributed by atoms with E-state index in [2.05, 4.69) is 25.1 Å². The van der Waals surface area contributed by atoms with E-state index in [1.165, 1.54) is 0 Å². The van der Waals surface area contributed by atoms with Crippen LogP contribution in [0.1, 0.15) is 26.7 Å². The highest BCUT2D eigenvalue weighted by Gasteiger charge is 2.08. The van der Waals surface area contributed by atoms with Gasteiger partial charge in [0.05, 0.1) is 0 Å². The molecular formula is C9H20N2OSi. The Bertz CT molecular complexity index is 202. The summed E-state index contributed by atoms with van der Waals surface area (Å²) in [6, 6.07) is 0. The standard InChI is InChI=1S/C9H20N2OSi/c1-6-7-9(8(2)12)10-11(3)13(4)5/h13H,6-7H2,1-5H3. The molecule has 0 fully saturated rings. The molecule has 0 saturated heterocycles. The monoisotopic (exact) mass is 200 g/mol. The van der Waals surface area contributed by atoms with E-state index < -0.39 is 8.96 Å². The van der Waals surface area contributed by atoms with Gasteiger partial charge in [0.2, 0.25) is 0 Å². The van der Waals surface area contributed by atoms with Crippen molar-refractivity contribution in [2.45, 2.75) is 39.8 Å². The summed E-state index contributed by atoms with van der Waals surface area (Å²) in [4.78, 5) is 11.1. The van der Waals surface area contributed by atoms with E-state index in [9.17, 15) is 4.79 Å². The number of rotatable bonds is 5. The Morgan fingerprint density at radius 2 is 2.00 bits per heavy atom. The minimum atomic E-state index is -0.893. The Morgan fingerprint density at radius 1 is 1.46 bits per heavy atom. The molecule has 0 spiro atoms. The number of hydrogen-bond donors (Lipinski definition) is 0. The summed E-state index contributed by atoms with van der Waals surface area (Å²) in [7, 11) is 1.06. The van der Waals surface area contributed by atoms with Crippen molar-refractivity contribution in [1.82, 2.24) is 4.67 Å². The highest BCUT2D eigenvalue weighted by Crippen LogP contribution is 1.98. The maximum Gasteiger partial charge on any atom is 0.175 e. The average molecular weight is 200 g/mol. The molecule has 0 amide bonds. The molecule has 0 radical (unpaired) electrons. The van der Waals surface area contributed by atoms with Gasteiger partial charge in [-0.25, -0.2) is 0 Å². The van der Waals surface area contributed by atoms with Crippen LogP contribution in [0.2, 0.25) is 13.1 Å². The smallest absolute Gasteiger partial charge is 0.175 e. The quantitative estimate of drug-likeness (QED) is 0.384. The Hall–Kier alpha value is -0.643. The van der Waals surface area contributed by atoms with Crippen LogP contribution in [0.5, 0.6) is 0 Å². The van der Waals surface area contributed by atoms with Gasteiger partial charge in [0.1, 0.15) is 5.71 Å². The molecule has 0 atom stereocenters. The van der Waals surface area contributed by atoms with Crippen molar-refractivity contribution in [2.24, 2.45) is 5.10 Å². The Morgan fingerprint density at radius 3 is 2.31 bits per heavy atom. The molecule has 0 rings (SSSR count). The van der Waals surface area contributed by atoms with Crippen molar-refractivity contribution in [3.8, 4) is 0 Å². The fraction of sp³-hybridized carbons (Fsp3) is 0.778. The predicted molar refractivity (Wildman–Crippen MR) is 59.7 cm³/mol. The zero-order valence-corrected chi connectivity index (χ0v) is 10.4. The van der Waals surface area contributed by atoms with Gasteiger partial charge in [0, 0.05) is 14.0 Å². The molecule has 0 aliphatic heterocycles. The summed E-state index contributed by atoms with van der Waals surface area (Å²) in [6.07, 6.45) is 1.77. The van der Waals surface area contributed by atoms with E-state index in [4.69, 9.17) is 0 Å². The van der Waals surface area contributed by atoms with Gasteiger partial charge in [0.25, 0.3) is 0 Å². The molecule has 76 valence electrons. The van der Waals surface area contributed by atoms with Crippen molar-refractivity contribution < 1.29 is 4.79 Å². The van der Waals surface area contributed by atoms with Crippen LogP contribution in [0.3, 0.4) is 0 Å². The lowest BCUT2D eigenvalue weighted by atomic mass is 10.2. The minimum Gasteiger partial charge on any atom is -0.331 e. The lowest BCUT2D eigenvalue weighted by molar-refractivity contribution is -0.111. The highest BCUT2D eigenvalue weighted by atomic mass is 28.3. The van der Waals surface area contributed by atoms with E-state index in [0.29, 0.717) is 5.71 Å². The second-order valence-electron chi connectivity index (χ2n) is 3.52. The molecular weight excluding hydrogens is 180 g/mol. The number of carbonyl (C=O) groups is 1. The summed E-state index contributed by atoms with van der Waals surface area (Å²) in [5, 5.41) is 4.33. The van der Waals surface area contributed by atoms with Crippen LogP contribution in [0.15, 0.2) is 5.10 Å². The van der Waals surface area contributed by atoms with Crippen LogP contribution >= 0.6 is 0 Å². The highest BCUT2D eigenvalue weighted by molar-refractivity contribution is 6.52. The Labute approximate surface area is 82.5 Å². The number of hydrogen-bond acceptors (Lipinski definition) is 3. The maximum atomic E-state index is 11.1. The summed E-state index contributed by atoms with van der Waals surface area (Å²) >= 11 is 0. The number of nitrogens with zero attached hydrogens (tertiary/aromatic N) is 2. The van der Waals surface area contributed by atoms with Gasteiger partial charge in [-0.1, -0.05) is 26.4 Å². The lowest BCUT2D eigenvalue weighted by Gasteiger charge is -2.17. The molecule has 0 heterocycles. The second-order valence-corrected chi connectivity index (χ2v) is 6.46. The number of Topliss-reactive ketones (excluding diaryl/α,β-unsaturated/α-hetero) is 1. The Kier molecular flexibility index (Phi) is 5.62. The normalized spacial score (nSPS) is 12.0. The van der Waals surface area contributed by atoms with E-state index in [1.54, 1.807) is 6.92 Å². The largest absolute Gasteiger partial charge is 0.331 e. The van der Waals surface area contributed by atoms with Gasteiger partial charge in [-0.2, -0.15) is 5.10 Å². The summed E-state index contributed by atoms with van der Waals surface area (Å²) < 4.78 is 1.96. The lowest BCUT2D eigenvalue weighted by Crippen LogP contribution is -2.28. The van der Waals surface area contributed by atoms with Crippen LogP contribution in [-0.4, -0.2) is 32.2 Å². The van der Waals surface area contributed by atoms with Gasteiger partial charge in [-0.3, -0.25) is 4.79 Å². The maximum absolute atomic E-state index is 11.1. The first kappa shape index (κ1) is 12.4. The van der Waals surface area contributed by atoms with Gasteiger partial charge in [-0.15, -0.1) is 0 Å². The molecule has 0 aromatic rings. The van der Waals surface area contributed by atoms with Crippen LogP contribution in [-0.2, 0) is 4.79 Å². The second kappa shape index (κ2) is 5.91. The van der Waals surface area contributed by atoms with Crippen molar-refractivity contribution in [2.75, 3.05) is 7.05 Å². The van der Waals surface area contributed by atoms with Crippen LogP contribution < -0.4 is 0 Å². The molecule has 0 N–H and O–H groups in total. The molecule has 13 heavy (non-hydrogen) atoms. The molecule has 0 saturated carbocycles. The van der Waals surface area contributed by atoms with Gasteiger partial charge >= 0.3 is 0 Å². The van der Waals surface area contributed by atoms with Crippen LogP contribution in [0.25, 0.3) is 0 Å². The molecule has 0 unspecified atom stereocenters. The first-order valence-electron chi connectivity index (χ1n) is 4.80. The fourth-order valence-electron chi connectivity index (χ4n) is 0.839. The van der Waals surface area contributed by atoms with Crippen LogP contribution in [0.4, 0.5) is 0 Å². The number of hydrazone groups is 1. The van der Waals surface area contributed by atoms with Crippen molar-refractivity contribution in [3.63, 3.8) is 0 Å². The molecule has 0 aliphatic carbocycles. The van der Waals surface area contributed by atoms with E-state index in [-0.39, 0.29) is 5.78 Å². The van der Waals surface area contributed by atoms with Crippen molar-refractivity contribution in [1.29, 1.82) is 0 Å². The minimum absolute atomic E-state index is 0.100. The third-order valence-corrected chi connectivity index (χ3v) is 3.53. The topological polar surface area (TPSA) is 32.7 Å². The van der Waals surface area contributed by atoms with E-state index in [1.807, 2.05) is 11.7 Å². The van der Waals surface area contributed by atoms with Crippen molar-refractivity contribution in [3.05, 3.63) is 0 Å². The van der Waals surface area contributed by atoms with E-state index in [0.717, 1.165) is 12.8 Å². The third-order valence-electron chi connectivity index (χ3n) is 1.92. The van der Waals surface area contributed by atoms with Crippen LogP contribution in [0, 0.1) is 0 Å². The molecule has 0 bridgehead atoms. The van der Waals surface area contributed by atoms with Gasteiger partial charge in [-0.05, 0) is 6.42 Å². The molecule has 0 aromatic heterocycles.